The molecule has 0 radical (unpaired) electrons. The summed E-state index contributed by atoms with van der Waals surface area (Å²) < 4.78 is 0. The Bertz CT molecular complexity index is 527. The van der Waals surface area contributed by atoms with Crippen LogP contribution >= 0.6 is 0 Å². The van der Waals surface area contributed by atoms with Gasteiger partial charge in [-0.15, -0.1) is 13.2 Å². The van der Waals surface area contributed by atoms with E-state index in [-0.39, 0.29) is 5.91 Å². The zero-order chi connectivity index (χ0) is 14.5. The Balaban J connectivity index is 2.16. The minimum Gasteiger partial charge on any atom is -0.364 e. The van der Waals surface area contributed by atoms with Crippen LogP contribution in [-0.2, 0) is 4.79 Å². The molecule has 0 saturated carbocycles. The molecule has 0 aliphatic carbocycles. The molecular weight excluding hydrogens is 254 g/mol. The van der Waals surface area contributed by atoms with E-state index in [0.717, 1.165) is 11.3 Å². The Morgan fingerprint density at radius 2 is 1.70 bits per heavy atom. The predicted molar refractivity (Wildman–Crippen MR) is 78.5 cm³/mol. The molecule has 5 heteroatoms. The number of benzene rings is 1. The molecular formula is C15H17N3O2. The van der Waals surface area contributed by atoms with Gasteiger partial charge in [-0.1, -0.05) is 24.3 Å². The Morgan fingerprint density at radius 1 is 1.10 bits per heavy atom. The highest BCUT2D eigenvalue weighted by Gasteiger charge is 2.30. The van der Waals surface area contributed by atoms with Crippen molar-refractivity contribution in [2.75, 3.05) is 18.0 Å². The molecule has 0 bridgehead atoms. The van der Waals surface area contributed by atoms with E-state index in [1.165, 1.54) is 0 Å². The third kappa shape index (κ3) is 2.88. The minimum atomic E-state index is -0.608. The summed E-state index contributed by atoms with van der Waals surface area (Å²) in [5, 5.41) is 4.79. The second-order valence-electron chi connectivity index (χ2n) is 4.47. The molecule has 1 heterocycles. The van der Waals surface area contributed by atoms with E-state index in [9.17, 15) is 9.59 Å². The monoisotopic (exact) mass is 271 g/mol. The number of nitrogens with zero attached hydrogens (tertiary/aromatic N) is 1. The summed E-state index contributed by atoms with van der Waals surface area (Å²) in [7, 11) is 0. The molecule has 0 spiro atoms. The van der Waals surface area contributed by atoms with Crippen molar-refractivity contribution in [1.29, 1.82) is 0 Å². The number of amides is 3. The molecule has 1 aliphatic heterocycles. The van der Waals surface area contributed by atoms with Gasteiger partial charge in [0.25, 0.3) is 5.91 Å². The molecule has 20 heavy (non-hydrogen) atoms. The van der Waals surface area contributed by atoms with Crippen LogP contribution in [0.1, 0.15) is 11.6 Å². The van der Waals surface area contributed by atoms with Crippen molar-refractivity contribution >= 4 is 17.6 Å². The van der Waals surface area contributed by atoms with Gasteiger partial charge in [0.15, 0.2) is 0 Å². The normalized spacial score (nSPS) is 17.3. The van der Waals surface area contributed by atoms with Crippen molar-refractivity contribution in [3.63, 3.8) is 0 Å². The Labute approximate surface area is 118 Å². The van der Waals surface area contributed by atoms with Crippen LogP contribution in [0.3, 0.4) is 0 Å². The number of nitrogens with one attached hydrogen (secondary N) is 2. The molecule has 104 valence electrons. The molecule has 1 atom stereocenters. The first-order valence-electron chi connectivity index (χ1n) is 6.33. The van der Waals surface area contributed by atoms with Gasteiger partial charge in [0.2, 0.25) is 0 Å². The zero-order valence-electron chi connectivity index (χ0n) is 11.1. The summed E-state index contributed by atoms with van der Waals surface area (Å²) >= 11 is 0. The third-order valence-corrected chi connectivity index (χ3v) is 3.06. The maximum absolute atomic E-state index is 11.6. The van der Waals surface area contributed by atoms with E-state index in [4.69, 9.17) is 0 Å². The van der Waals surface area contributed by atoms with Crippen molar-refractivity contribution < 1.29 is 9.59 Å². The smallest absolute Gasteiger partial charge is 0.322 e. The predicted octanol–water partition coefficient (Wildman–Crippen LogP) is 1.75. The van der Waals surface area contributed by atoms with Crippen LogP contribution in [0, 0.1) is 0 Å². The fourth-order valence-electron chi connectivity index (χ4n) is 2.13. The second-order valence-corrected chi connectivity index (χ2v) is 4.47. The molecule has 1 fully saturated rings. The largest absolute Gasteiger partial charge is 0.364 e. The van der Waals surface area contributed by atoms with Gasteiger partial charge in [0.05, 0.1) is 0 Å². The van der Waals surface area contributed by atoms with E-state index in [1.807, 2.05) is 36.4 Å². The summed E-state index contributed by atoms with van der Waals surface area (Å²) in [6.07, 6.45) is 3.64. The van der Waals surface area contributed by atoms with Crippen LogP contribution in [0.25, 0.3) is 0 Å². The standard InChI is InChI=1S/C15H17N3O2/c1-3-9-18(10-4-2)12-7-5-11(6-8-12)13-14(19)17-15(20)16-13/h3-8,13H,1-2,9-10H2,(H2,16,17,19,20). The highest BCUT2D eigenvalue weighted by atomic mass is 16.2. The van der Waals surface area contributed by atoms with Crippen LogP contribution in [0.15, 0.2) is 49.6 Å². The van der Waals surface area contributed by atoms with Gasteiger partial charge in [-0.05, 0) is 17.7 Å². The molecule has 3 amide bonds. The average Bonchev–Trinajstić information content (AvgIpc) is 2.78. The van der Waals surface area contributed by atoms with E-state index >= 15 is 0 Å². The van der Waals surface area contributed by atoms with Crippen molar-refractivity contribution in [2.24, 2.45) is 0 Å². The maximum Gasteiger partial charge on any atom is 0.322 e. The van der Waals surface area contributed by atoms with Crippen LogP contribution in [0.5, 0.6) is 0 Å². The molecule has 1 aliphatic rings. The van der Waals surface area contributed by atoms with Gasteiger partial charge in [0.1, 0.15) is 6.04 Å². The number of hydrogen-bond acceptors (Lipinski definition) is 3. The first kappa shape index (κ1) is 13.9. The molecule has 1 aromatic rings. The van der Waals surface area contributed by atoms with Gasteiger partial charge in [-0.3, -0.25) is 10.1 Å². The van der Waals surface area contributed by atoms with Gasteiger partial charge >= 0.3 is 6.03 Å². The number of hydrogen-bond donors (Lipinski definition) is 2. The summed E-state index contributed by atoms with van der Waals surface area (Å²) in [5.74, 6) is -0.322. The van der Waals surface area contributed by atoms with Crippen molar-refractivity contribution in [3.05, 3.63) is 55.1 Å². The van der Waals surface area contributed by atoms with E-state index in [1.54, 1.807) is 0 Å². The SMILES string of the molecule is C=CCN(CC=C)c1ccc(C2NC(=O)NC2=O)cc1. The molecule has 5 nitrogen and oxygen atoms in total. The summed E-state index contributed by atoms with van der Waals surface area (Å²) in [6.45, 7) is 8.89. The fraction of sp³-hybridized carbons (Fsp3) is 0.200. The number of carbonyl (C=O) groups excluding carboxylic acids is 2. The lowest BCUT2D eigenvalue weighted by molar-refractivity contribution is -0.120. The van der Waals surface area contributed by atoms with Crippen LogP contribution in [0.2, 0.25) is 0 Å². The quantitative estimate of drug-likeness (QED) is 0.612. The first-order chi connectivity index (χ1) is 9.65. The number of urea groups is 1. The summed E-state index contributed by atoms with van der Waals surface area (Å²) in [6, 6.07) is 6.45. The number of imide groups is 1. The molecule has 1 unspecified atom stereocenters. The van der Waals surface area contributed by atoms with Gasteiger partial charge < -0.3 is 10.2 Å². The molecule has 2 rings (SSSR count). The van der Waals surface area contributed by atoms with Crippen molar-refractivity contribution in [2.45, 2.75) is 6.04 Å². The van der Waals surface area contributed by atoms with Gasteiger partial charge in [-0.25, -0.2) is 4.79 Å². The summed E-state index contributed by atoms with van der Waals surface area (Å²) in [5.41, 5.74) is 1.77. The lowest BCUT2D eigenvalue weighted by Crippen LogP contribution is -2.23. The topological polar surface area (TPSA) is 61.4 Å². The van der Waals surface area contributed by atoms with Gasteiger partial charge in [-0.2, -0.15) is 0 Å². The van der Waals surface area contributed by atoms with Crippen molar-refractivity contribution in [3.8, 4) is 0 Å². The Kier molecular flexibility index (Phi) is 4.20. The average molecular weight is 271 g/mol. The second kappa shape index (κ2) is 6.06. The lowest BCUT2D eigenvalue weighted by Gasteiger charge is -2.22. The molecule has 1 saturated heterocycles. The Hall–Kier alpha value is -2.56. The van der Waals surface area contributed by atoms with Crippen LogP contribution in [-0.4, -0.2) is 25.0 Å². The van der Waals surface area contributed by atoms with Gasteiger partial charge in [0, 0.05) is 18.8 Å². The Morgan fingerprint density at radius 3 is 2.15 bits per heavy atom. The van der Waals surface area contributed by atoms with Crippen LogP contribution in [0.4, 0.5) is 10.5 Å². The minimum absolute atomic E-state index is 0.322. The number of anilines is 1. The van der Waals surface area contributed by atoms with Crippen molar-refractivity contribution in [1.82, 2.24) is 10.6 Å². The number of carbonyl (C=O) groups is 2. The third-order valence-electron chi connectivity index (χ3n) is 3.06. The summed E-state index contributed by atoms with van der Waals surface area (Å²) in [4.78, 5) is 24.8. The maximum atomic E-state index is 11.6. The number of rotatable bonds is 6. The van der Waals surface area contributed by atoms with E-state index < -0.39 is 12.1 Å². The zero-order valence-corrected chi connectivity index (χ0v) is 11.1. The first-order valence-corrected chi connectivity index (χ1v) is 6.33. The molecule has 2 N–H and O–H groups in total. The highest BCUT2D eigenvalue weighted by molar-refractivity contribution is 6.04. The molecule has 0 aromatic heterocycles. The molecule has 1 aromatic carbocycles. The van der Waals surface area contributed by atoms with E-state index in [2.05, 4.69) is 28.7 Å². The lowest BCUT2D eigenvalue weighted by atomic mass is 10.1. The van der Waals surface area contributed by atoms with E-state index in [0.29, 0.717) is 13.1 Å². The van der Waals surface area contributed by atoms with Crippen LogP contribution < -0.4 is 15.5 Å². The fourth-order valence-corrected chi connectivity index (χ4v) is 2.13. The highest BCUT2D eigenvalue weighted by Crippen LogP contribution is 2.21.